The summed E-state index contributed by atoms with van der Waals surface area (Å²) >= 11 is 41.6. The average Bonchev–Trinajstić information content (AvgIpc) is 0.806. The first kappa shape index (κ1) is 118. The zero-order valence-electron chi connectivity index (χ0n) is 86.0. The maximum atomic E-state index is 12.6. The SMILES string of the molecule is CC(C)C(=O)[C@@H](CN1CC(N)C1)c1ccc(Cl)cc1.CC(C)C(=O)[C@@H](CN1CCCCC1)c1ccc(Cl)cc1.CC(C)C(=O)[C@@H](CN1CCCCC1)c1ccc(Cl)cc1.CC(C)C(=O)[C@H](CN1CC(N)C1)c1ccc(Cl)cc1.CC(C)C(=O)[C@H](CN1CCCCC1)c1ccc(Cl)cc1.CC(C)C(=O)[C@H](CN1CCCCC1)c1ccc(Cl)cc1.CC1CCN(C[C@H](C(=O)C(C)C)c2ccc(Cl)cc2)CC1. The van der Waals surface area contributed by atoms with Crippen molar-refractivity contribution in [1.29, 1.82) is 0 Å². The molecule has 7 aromatic rings. The standard InChI is InChI=1S/C18H26ClNO.4C17H24ClNO.2C15H21ClN2O/c1-13(2)18(21)17(15-4-6-16(19)7-5-15)12-20-10-8-14(3)9-11-20;4*1-13(2)17(20)16(12-19-10-4-3-5-11-19)14-6-8-15(18)9-7-14;2*1-10(2)15(19)14(9-18-7-13(17)8-18)11-3-5-12(16)6-4-11/h4-7,13-14,17H,8-12H2,1-3H3;4*6-9,13,16H,3-5,10-12H2,1-2H3;2*3-6,10,13-14H,7-9,17H2,1-2H3/t17-;4*16-;2*14-/m0110010/s1. The highest BCUT2D eigenvalue weighted by Gasteiger charge is 2.36. The molecule has 764 valence electrons. The summed E-state index contributed by atoms with van der Waals surface area (Å²) in [6, 6.07) is 54.5. The number of hydrogen-bond donors (Lipinski definition) is 2. The molecule has 4 N–H and O–H groups in total. The van der Waals surface area contributed by atoms with E-state index in [1.54, 1.807) is 0 Å². The maximum absolute atomic E-state index is 12.6. The predicted molar refractivity (Wildman–Crippen MR) is 583 cm³/mol. The average molecular weight is 2040 g/mol. The number of halogens is 7. The van der Waals surface area contributed by atoms with Gasteiger partial charge in [0, 0.05) is 161 Å². The Morgan fingerprint density at radius 2 is 0.353 bits per heavy atom. The van der Waals surface area contributed by atoms with E-state index < -0.39 is 0 Å². The Labute approximate surface area is 870 Å². The van der Waals surface area contributed by atoms with Crippen molar-refractivity contribution >= 4 is 122 Å². The lowest BCUT2D eigenvalue weighted by molar-refractivity contribution is -0.124. The Hall–Kier alpha value is -6.10. The molecule has 0 bridgehead atoms. The van der Waals surface area contributed by atoms with Crippen LogP contribution in [0.3, 0.4) is 0 Å². The lowest BCUT2D eigenvalue weighted by Gasteiger charge is -2.39. The number of benzene rings is 7. The van der Waals surface area contributed by atoms with Crippen LogP contribution in [-0.2, 0) is 33.6 Å². The van der Waals surface area contributed by atoms with Gasteiger partial charge in [0.05, 0.1) is 41.4 Å². The molecule has 0 saturated carbocycles. The normalized spacial score (nSPS) is 18.4. The fourth-order valence-electron chi connectivity index (χ4n) is 19.3. The molecule has 7 saturated heterocycles. The van der Waals surface area contributed by atoms with E-state index in [1.807, 2.05) is 267 Å². The van der Waals surface area contributed by atoms with E-state index in [0.29, 0.717) is 39.0 Å². The van der Waals surface area contributed by atoms with Gasteiger partial charge in [-0.15, -0.1) is 0 Å². The summed E-state index contributed by atoms with van der Waals surface area (Å²) in [5, 5.41) is 5.02. The van der Waals surface area contributed by atoms with Crippen molar-refractivity contribution in [3.8, 4) is 0 Å². The van der Waals surface area contributed by atoms with E-state index in [-0.39, 0.29) is 107 Å². The number of carbonyl (C=O) groups is 7. The molecule has 7 fully saturated rings. The molecule has 7 heterocycles. The summed E-state index contributed by atoms with van der Waals surface area (Å²) in [5.41, 5.74) is 19.2. The second-order valence-electron chi connectivity index (χ2n) is 42.0. The molecular formula is C116H164Cl7N9O7. The van der Waals surface area contributed by atoms with Crippen molar-refractivity contribution in [2.24, 2.45) is 58.8 Å². The topological polar surface area (TPSA) is 194 Å². The number of rotatable bonds is 35. The number of hydrogen-bond acceptors (Lipinski definition) is 16. The second kappa shape index (κ2) is 61.4. The molecule has 0 amide bonds. The first-order valence-electron chi connectivity index (χ1n) is 51.8. The lowest BCUT2D eigenvalue weighted by Crippen LogP contribution is -2.57. The van der Waals surface area contributed by atoms with E-state index >= 15 is 0 Å². The molecule has 0 aliphatic carbocycles. The summed E-state index contributed by atoms with van der Waals surface area (Å²) < 4.78 is 0. The number of carbonyl (C=O) groups excluding carboxylic acids is 7. The van der Waals surface area contributed by atoms with Crippen LogP contribution in [0.4, 0.5) is 0 Å². The van der Waals surface area contributed by atoms with Crippen molar-refractivity contribution in [2.75, 3.05) is 137 Å². The van der Waals surface area contributed by atoms with Crippen LogP contribution in [0.1, 0.15) is 274 Å². The van der Waals surface area contributed by atoms with Crippen LogP contribution in [-0.4, -0.2) is 224 Å². The van der Waals surface area contributed by atoms with E-state index in [2.05, 4.69) is 41.2 Å². The first-order chi connectivity index (χ1) is 66.2. The van der Waals surface area contributed by atoms with Crippen molar-refractivity contribution in [2.45, 2.75) is 247 Å². The molecule has 7 aliphatic rings. The number of ketones is 7. The molecule has 16 nitrogen and oxygen atoms in total. The molecule has 0 unspecified atom stereocenters. The Morgan fingerprint density at radius 3 is 0.482 bits per heavy atom. The van der Waals surface area contributed by atoms with Crippen LogP contribution in [0.25, 0.3) is 0 Å². The van der Waals surface area contributed by atoms with E-state index in [1.165, 1.54) is 89.9 Å². The predicted octanol–water partition coefficient (Wildman–Crippen LogP) is 25.5. The highest BCUT2D eigenvalue weighted by Crippen LogP contribution is 2.35. The number of piperidine rings is 5. The Morgan fingerprint density at radius 1 is 0.223 bits per heavy atom. The van der Waals surface area contributed by atoms with Gasteiger partial charge >= 0.3 is 0 Å². The smallest absolute Gasteiger partial charge is 0.144 e. The van der Waals surface area contributed by atoms with Gasteiger partial charge in [-0.2, -0.15) is 0 Å². The van der Waals surface area contributed by atoms with Crippen molar-refractivity contribution in [3.05, 3.63) is 244 Å². The van der Waals surface area contributed by atoms with E-state index in [9.17, 15) is 33.6 Å². The molecular weight excluding hydrogens is 1880 g/mol. The molecule has 139 heavy (non-hydrogen) atoms. The lowest BCUT2D eigenvalue weighted by atomic mass is 9.87. The van der Waals surface area contributed by atoms with Crippen LogP contribution in [0.5, 0.6) is 0 Å². The zero-order valence-corrected chi connectivity index (χ0v) is 91.3. The second-order valence-corrected chi connectivity index (χ2v) is 45.1. The van der Waals surface area contributed by atoms with E-state index in [0.717, 1.165) is 207 Å². The fourth-order valence-corrected chi connectivity index (χ4v) is 20.2. The quantitative estimate of drug-likeness (QED) is 0.0380. The molecule has 7 atom stereocenters. The van der Waals surface area contributed by atoms with Gasteiger partial charge in [-0.05, 0) is 259 Å². The first-order valence-corrected chi connectivity index (χ1v) is 54.5. The summed E-state index contributed by atoms with van der Waals surface area (Å²) in [4.78, 5) is 104. The molecule has 0 aromatic heterocycles. The van der Waals surface area contributed by atoms with Crippen molar-refractivity contribution in [1.82, 2.24) is 34.3 Å². The molecule has 0 radical (unpaired) electrons. The zero-order chi connectivity index (χ0) is 102. The van der Waals surface area contributed by atoms with Crippen LogP contribution in [0, 0.1) is 47.3 Å². The maximum Gasteiger partial charge on any atom is 0.144 e. The number of nitrogens with two attached hydrogens (primary N) is 2. The minimum Gasteiger partial charge on any atom is -0.325 e. The minimum absolute atomic E-state index is 0.0228. The van der Waals surface area contributed by atoms with Crippen LogP contribution in [0.2, 0.25) is 35.2 Å². The van der Waals surface area contributed by atoms with E-state index in [4.69, 9.17) is 92.7 Å². The molecule has 0 spiro atoms. The van der Waals surface area contributed by atoms with Gasteiger partial charge in [-0.25, -0.2) is 0 Å². The molecule has 14 rings (SSSR count). The van der Waals surface area contributed by atoms with Gasteiger partial charge in [0.15, 0.2) is 0 Å². The Balaban J connectivity index is 0.000000199. The third kappa shape index (κ3) is 40.7. The summed E-state index contributed by atoms with van der Waals surface area (Å²) in [7, 11) is 0. The number of Topliss-reactive ketones (excluding diaryl/α,β-unsaturated/α-hetero) is 7. The fraction of sp³-hybridized carbons (Fsp3) is 0.578. The van der Waals surface area contributed by atoms with Gasteiger partial charge in [0.2, 0.25) is 0 Å². The van der Waals surface area contributed by atoms with Crippen LogP contribution >= 0.6 is 81.2 Å². The summed E-state index contributed by atoms with van der Waals surface area (Å²) in [5.74, 6) is 3.17. The van der Waals surface area contributed by atoms with Gasteiger partial charge < -0.3 is 36.0 Å². The molecule has 7 aliphatic heterocycles. The van der Waals surface area contributed by atoms with Crippen molar-refractivity contribution in [3.63, 3.8) is 0 Å². The van der Waals surface area contributed by atoms with Crippen LogP contribution < -0.4 is 11.5 Å². The summed E-state index contributed by atoms with van der Waals surface area (Å²) in [6.07, 6.45) is 17.8. The molecule has 23 heteroatoms. The van der Waals surface area contributed by atoms with Gasteiger partial charge in [0.25, 0.3) is 0 Å². The van der Waals surface area contributed by atoms with Gasteiger partial charge in [0.1, 0.15) is 40.5 Å². The largest absolute Gasteiger partial charge is 0.325 e. The highest BCUT2D eigenvalue weighted by atomic mass is 35.5. The van der Waals surface area contributed by atoms with Crippen molar-refractivity contribution < 1.29 is 33.6 Å². The monoisotopic (exact) mass is 2040 g/mol. The summed E-state index contributed by atoms with van der Waals surface area (Å²) in [6.45, 7) is 50.5. The Bertz CT molecular complexity index is 4340. The third-order valence-corrected chi connectivity index (χ3v) is 29.8. The minimum atomic E-state index is -0.0789. The number of likely N-dealkylation sites (tertiary alicyclic amines) is 7. The third-order valence-electron chi connectivity index (χ3n) is 28.0. The highest BCUT2D eigenvalue weighted by molar-refractivity contribution is 6.32. The van der Waals surface area contributed by atoms with Crippen LogP contribution in [0.15, 0.2) is 170 Å². The Kier molecular flexibility index (Phi) is 52.2. The van der Waals surface area contributed by atoms with Gasteiger partial charge in [-0.1, -0.05) is 296 Å². The van der Waals surface area contributed by atoms with Gasteiger partial charge in [-0.3, -0.25) is 43.4 Å². The number of nitrogens with zero attached hydrogens (tertiary/aromatic N) is 7. The molecule has 7 aromatic carbocycles.